The third-order valence-corrected chi connectivity index (χ3v) is 2.69. The number of ether oxygens (including phenoxy) is 1. The summed E-state index contributed by atoms with van der Waals surface area (Å²) in [5, 5.41) is 0. The van der Waals surface area contributed by atoms with E-state index in [9.17, 15) is 22.4 Å². The highest BCUT2D eigenvalue weighted by Crippen LogP contribution is 2.26. The summed E-state index contributed by atoms with van der Waals surface area (Å²) in [6.07, 6.45) is -5.13. The Morgan fingerprint density at radius 2 is 1.71 bits per heavy atom. The van der Waals surface area contributed by atoms with Crippen LogP contribution >= 0.6 is 0 Å². The molecule has 0 aliphatic carbocycles. The minimum absolute atomic E-state index is 0.00662. The summed E-state index contributed by atoms with van der Waals surface area (Å²) in [5.74, 6) is -3.47. The van der Waals surface area contributed by atoms with Gasteiger partial charge in [-0.25, -0.2) is 4.39 Å². The van der Waals surface area contributed by atoms with Gasteiger partial charge in [0, 0.05) is 0 Å². The Kier molecular flexibility index (Phi) is 4.26. The van der Waals surface area contributed by atoms with Gasteiger partial charge in [-0.2, -0.15) is 13.2 Å². The minimum atomic E-state index is -5.13. The molecule has 0 amide bonds. The van der Waals surface area contributed by atoms with Crippen LogP contribution in [0.5, 0.6) is 5.75 Å². The first-order chi connectivity index (χ1) is 9.88. The van der Waals surface area contributed by atoms with E-state index >= 15 is 0 Å². The maximum Gasteiger partial charge on any atom is 0.454 e. The van der Waals surface area contributed by atoms with E-state index in [-0.39, 0.29) is 12.4 Å². The summed E-state index contributed by atoms with van der Waals surface area (Å²) in [4.78, 5) is 11.1. The molecule has 110 valence electrons. The lowest BCUT2D eigenvalue weighted by Crippen LogP contribution is -2.23. The largest absolute Gasteiger partial charge is 0.489 e. The molecule has 0 radical (unpaired) electrons. The molecule has 0 heterocycles. The highest BCUT2D eigenvalue weighted by atomic mass is 19.4. The number of hydrogen-bond acceptors (Lipinski definition) is 2. The lowest BCUT2D eigenvalue weighted by Gasteiger charge is -2.10. The summed E-state index contributed by atoms with van der Waals surface area (Å²) in [6, 6.07) is 11.6. The third kappa shape index (κ3) is 3.81. The number of carbonyl (C=O) groups is 1. The predicted octanol–water partition coefficient (Wildman–Crippen LogP) is 4.15. The van der Waals surface area contributed by atoms with Crippen LogP contribution in [0, 0.1) is 5.82 Å². The number of hydrogen-bond donors (Lipinski definition) is 0. The molecule has 2 aromatic carbocycles. The lowest BCUT2D eigenvalue weighted by molar-refractivity contribution is -0.0887. The zero-order chi connectivity index (χ0) is 15.5. The normalized spacial score (nSPS) is 11.2. The van der Waals surface area contributed by atoms with Crippen LogP contribution in [0.3, 0.4) is 0 Å². The van der Waals surface area contributed by atoms with Gasteiger partial charge in [-0.1, -0.05) is 30.3 Å². The summed E-state index contributed by atoms with van der Waals surface area (Å²) in [7, 11) is 0. The molecule has 2 aromatic rings. The fourth-order valence-corrected chi connectivity index (χ4v) is 1.66. The van der Waals surface area contributed by atoms with Crippen molar-refractivity contribution in [2.75, 3.05) is 0 Å². The average Bonchev–Trinajstić information content (AvgIpc) is 2.46. The second kappa shape index (κ2) is 5.95. The predicted molar refractivity (Wildman–Crippen MR) is 67.6 cm³/mol. The molecule has 0 saturated heterocycles. The van der Waals surface area contributed by atoms with Gasteiger partial charge in [0.15, 0.2) is 0 Å². The van der Waals surface area contributed by atoms with Gasteiger partial charge >= 0.3 is 6.18 Å². The van der Waals surface area contributed by atoms with Crippen molar-refractivity contribution < 1.29 is 27.1 Å². The summed E-state index contributed by atoms with van der Waals surface area (Å²) >= 11 is 0. The number of alkyl halides is 3. The van der Waals surface area contributed by atoms with E-state index in [0.717, 1.165) is 17.7 Å². The second-order valence-electron chi connectivity index (χ2n) is 4.24. The highest BCUT2D eigenvalue weighted by molar-refractivity contribution is 6.00. The van der Waals surface area contributed by atoms with Gasteiger partial charge < -0.3 is 4.74 Å². The van der Waals surface area contributed by atoms with Gasteiger partial charge in [-0.3, -0.25) is 4.79 Å². The Hall–Kier alpha value is -2.37. The summed E-state index contributed by atoms with van der Waals surface area (Å²) < 4.78 is 55.6. The standard InChI is InChI=1S/C15H10F4O2/c16-13-7-6-11(8-12(13)14(20)15(17,18)19)21-9-10-4-2-1-3-5-10/h1-8H,9H2. The van der Waals surface area contributed by atoms with Crippen LogP contribution in [0.1, 0.15) is 15.9 Å². The van der Waals surface area contributed by atoms with Crippen LogP contribution < -0.4 is 4.74 Å². The van der Waals surface area contributed by atoms with Gasteiger partial charge in [-0.05, 0) is 23.8 Å². The summed E-state index contributed by atoms with van der Waals surface area (Å²) in [6.45, 7) is 0.103. The molecular weight excluding hydrogens is 288 g/mol. The molecule has 0 fully saturated rings. The van der Waals surface area contributed by atoms with Crippen molar-refractivity contribution in [1.29, 1.82) is 0 Å². The Morgan fingerprint density at radius 3 is 2.33 bits per heavy atom. The van der Waals surface area contributed by atoms with Gasteiger partial charge in [-0.15, -0.1) is 0 Å². The molecule has 6 heteroatoms. The van der Waals surface area contributed by atoms with Gasteiger partial charge in [0.05, 0.1) is 5.56 Å². The van der Waals surface area contributed by atoms with Gasteiger partial charge in [0.1, 0.15) is 18.2 Å². The maximum absolute atomic E-state index is 13.3. The maximum atomic E-state index is 13.3. The molecule has 2 nitrogen and oxygen atoms in total. The Balaban J connectivity index is 2.17. The van der Waals surface area contributed by atoms with E-state index in [1.165, 1.54) is 6.07 Å². The minimum Gasteiger partial charge on any atom is -0.489 e. The quantitative estimate of drug-likeness (QED) is 0.626. The molecule has 21 heavy (non-hydrogen) atoms. The van der Waals surface area contributed by atoms with Crippen molar-refractivity contribution in [1.82, 2.24) is 0 Å². The van der Waals surface area contributed by atoms with Crippen molar-refractivity contribution in [2.45, 2.75) is 12.8 Å². The fourth-order valence-electron chi connectivity index (χ4n) is 1.66. The topological polar surface area (TPSA) is 26.3 Å². The third-order valence-electron chi connectivity index (χ3n) is 2.69. The Morgan fingerprint density at radius 1 is 1.05 bits per heavy atom. The van der Waals surface area contributed by atoms with E-state index in [1.54, 1.807) is 24.3 Å². The SMILES string of the molecule is O=C(c1cc(OCc2ccccc2)ccc1F)C(F)(F)F. The fraction of sp³-hybridized carbons (Fsp3) is 0.133. The molecular formula is C15H10F4O2. The van der Waals surface area contributed by atoms with Gasteiger partial charge in [0.2, 0.25) is 0 Å². The van der Waals surface area contributed by atoms with E-state index in [0.29, 0.717) is 0 Å². The molecule has 2 rings (SSSR count). The number of carbonyl (C=O) groups excluding carboxylic acids is 1. The zero-order valence-corrected chi connectivity index (χ0v) is 10.7. The lowest BCUT2D eigenvalue weighted by atomic mass is 10.1. The summed E-state index contributed by atoms with van der Waals surface area (Å²) in [5.41, 5.74) is -0.251. The molecule has 0 spiro atoms. The van der Waals surface area contributed by atoms with E-state index < -0.39 is 23.3 Å². The first kappa shape index (κ1) is 15.0. The van der Waals surface area contributed by atoms with E-state index in [2.05, 4.69) is 0 Å². The van der Waals surface area contributed by atoms with Crippen molar-refractivity contribution in [2.24, 2.45) is 0 Å². The molecule has 0 bridgehead atoms. The van der Waals surface area contributed by atoms with E-state index in [1.807, 2.05) is 6.07 Å². The molecule has 0 atom stereocenters. The molecule has 0 aliphatic rings. The zero-order valence-electron chi connectivity index (χ0n) is 10.7. The van der Waals surface area contributed by atoms with Crippen LogP contribution in [0.25, 0.3) is 0 Å². The molecule has 0 aromatic heterocycles. The Bertz CT molecular complexity index is 636. The number of benzene rings is 2. The van der Waals surface area contributed by atoms with Gasteiger partial charge in [0.25, 0.3) is 5.78 Å². The first-order valence-corrected chi connectivity index (χ1v) is 5.96. The molecule has 0 aliphatic heterocycles. The first-order valence-electron chi connectivity index (χ1n) is 5.96. The molecule has 0 N–H and O–H groups in total. The van der Waals surface area contributed by atoms with Crippen LogP contribution in [-0.4, -0.2) is 12.0 Å². The number of halogens is 4. The van der Waals surface area contributed by atoms with Crippen LogP contribution in [0.15, 0.2) is 48.5 Å². The van der Waals surface area contributed by atoms with Crippen molar-refractivity contribution in [3.8, 4) is 5.75 Å². The number of ketones is 1. The number of rotatable bonds is 4. The monoisotopic (exact) mass is 298 g/mol. The van der Waals surface area contributed by atoms with Crippen molar-refractivity contribution in [3.63, 3.8) is 0 Å². The highest BCUT2D eigenvalue weighted by Gasteiger charge is 2.40. The molecule has 0 unspecified atom stereocenters. The average molecular weight is 298 g/mol. The van der Waals surface area contributed by atoms with Crippen molar-refractivity contribution >= 4 is 5.78 Å². The number of Topliss-reactive ketones (excluding diaryl/α,β-unsaturated/α-hetero) is 1. The second-order valence-corrected chi connectivity index (χ2v) is 4.24. The molecule has 0 saturated carbocycles. The van der Waals surface area contributed by atoms with Crippen LogP contribution in [-0.2, 0) is 6.61 Å². The van der Waals surface area contributed by atoms with Crippen LogP contribution in [0.2, 0.25) is 0 Å². The Labute approximate surface area is 118 Å². The smallest absolute Gasteiger partial charge is 0.454 e. The van der Waals surface area contributed by atoms with Crippen LogP contribution in [0.4, 0.5) is 17.6 Å². The van der Waals surface area contributed by atoms with E-state index in [4.69, 9.17) is 4.74 Å². The van der Waals surface area contributed by atoms with Crippen molar-refractivity contribution in [3.05, 3.63) is 65.5 Å².